The highest BCUT2D eigenvalue weighted by Gasteiger charge is 2.04. The molecule has 0 fully saturated rings. The minimum absolute atomic E-state index is 0.227. The third-order valence-corrected chi connectivity index (χ3v) is 4.41. The summed E-state index contributed by atoms with van der Waals surface area (Å²) in [5.74, 6) is 0.608. The number of anilines is 1. The third kappa shape index (κ3) is 5.16. The zero-order valence-electron chi connectivity index (χ0n) is 12.4. The number of hydrogen-bond donors (Lipinski definition) is 1. The highest BCUT2D eigenvalue weighted by Crippen LogP contribution is 2.23. The Bertz CT molecular complexity index is 638. The van der Waals surface area contributed by atoms with E-state index in [0.29, 0.717) is 11.7 Å². The van der Waals surface area contributed by atoms with E-state index in [-0.39, 0.29) is 5.91 Å². The van der Waals surface area contributed by atoms with Gasteiger partial charge >= 0.3 is 0 Å². The van der Waals surface area contributed by atoms with Crippen LogP contribution in [0.2, 0.25) is 0 Å². The number of nitrogens with one attached hydrogen (secondary N) is 1. The van der Waals surface area contributed by atoms with Gasteiger partial charge < -0.3 is 4.74 Å². The van der Waals surface area contributed by atoms with E-state index in [4.69, 9.17) is 4.74 Å². The van der Waals surface area contributed by atoms with Gasteiger partial charge in [-0.1, -0.05) is 42.2 Å². The number of carbonyl (C=O) groups excluding carboxylic acids is 1. The van der Waals surface area contributed by atoms with Gasteiger partial charge in [0, 0.05) is 6.08 Å². The maximum atomic E-state index is 11.8. The first kappa shape index (κ1) is 16.5. The zero-order valence-corrected chi connectivity index (χ0v) is 14.0. The summed E-state index contributed by atoms with van der Waals surface area (Å²) >= 11 is 2.85. The van der Waals surface area contributed by atoms with E-state index in [1.165, 1.54) is 29.2 Å². The lowest BCUT2D eigenvalue weighted by molar-refractivity contribution is -0.111. The van der Waals surface area contributed by atoms with Gasteiger partial charge in [-0.25, -0.2) is 0 Å². The smallest absolute Gasteiger partial charge is 0.250 e. The van der Waals surface area contributed by atoms with Crippen LogP contribution in [0.5, 0.6) is 5.75 Å². The van der Waals surface area contributed by atoms with Crippen LogP contribution in [0.15, 0.2) is 34.7 Å². The second-order valence-corrected chi connectivity index (χ2v) is 6.35. The molecule has 0 atom stereocenters. The molecule has 1 aromatic heterocycles. The Balaban J connectivity index is 1.88. The number of carbonyl (C=O) groups is 1. The van der Waals surface area contributed by atoms with Gasteiger partial charge in [0.1, 0.15) is 5.75 Å². The van der Waals surface area contributed by atoms with Crippen molar-refractivity contribution in [2.75, 3.05) is 18.2 Å². The van der Waals surface area contributed by atoms with Crippen LogP contribution in [0.1, 0.15) is 18.9 Å². The minimum atomic E-state index is -0.227. The van der Waals surface area contributed by atoms with Crippen molar-refractivity contribution in [2.24, 2.45) is 0 Å². The Labute approximate surface area is 137 Å². The molecule has 22 heavy (non-hydrogen) atoms. The Hall–Kier alpha value is -1.86. The van der Waals surface area contributed by atoms with Crippen molar-refractivity contribution < 1.29 is 9.53 Å². The van der Waals surface area contributed by atoms with E-state index in [0.717, 1.165) is 22.1 Å². The topological polar surface area (TPSA) is 64.1 Å². The third-order valence-electron chi connectivity index (χ3n) is 2.59. The van der Waals surface area contributed by atoms with Crippen molar-refractivity contribution >= 4 is 40.2 Å². The van der Waals surface area contributed by atoms with Crippen LogP contribution in [0.25, 0.3) is 6.08 Å². The lowest BCUT2D eigenvalue weighted by atomic mass is 10.2. The van der Waals surface area contributed by atoms with Crippen molar-refractivity contribution in [3.8, 4) is 5.75 Å². The molecule has 0 spiro atoms. The van der Waals surface area contributed by atoms with Crippen molar-refractivity contribution in [1.29, 1.82) is 0 Å². The van der Waals surface area contributed by atoms with Gasteiger partial charge in [0.2, 0.25) is 11.0 Å². The first-order chi connectivity index (χ1) is 10.7. The van der Waals surface area contributed by atoms with Crippen molar-refractivity contribution in [1.82, 2.24) is 10.2 Å². The molecular weight excluding hydrogens is 318 g/mol. The number of ether oxygens (including phenoxy) is 1. The Morgan fingerprint density at radius 2 is 2.14 bits per heavy atom. The lowest BCUT2D eigenvalue weighted by Gasteiger charge is -2.03. The summed E-state index contributed by atoms with van der Waals surface area (Å²) < 4.78 is 6.33. The molecule has 116 valence electrons. The quantitative estimate of drug-likeness (QED) is 0.475. The summed E-state index contributed by atoms with van der Waals surface area (Å²) in [6.45, 7) is 2.77. The molecule has 0 radical (unpaired) electrons. The van der Waals surface area contributed by atoms with Crippen LogP contribution in [-0.4, -0.2) is 29.0 Å². The molecule has 0 aliphatic heterocycles. The number of nitrogens with zero attached hydrogens (tertiary/aromatic N) is 2. The van der Waals surface area contributed by atoms with Crippen LogP contribution >= 0.6 is 23.1 Å². The van der Waals surface area contributed by atoms with E-state index in [9.17, 15) is 4.79 Å². The van der Waals surface area contributed by atoms with Crippen LogP contribution in [0.4, 0.5) is 5.13 Å². The van der Waals surface area contributed by atoms with Crippen molar-refractivity contribution in [2.45, 2.75) is 17.7 Å². The minimum Gasteiger partial charge on any atom is -0.494 e. The van der Waals surface area contributed by atoms with Crippen LogP contribution < -0.4 is 10.1 Å². The molecule has 1 aromatic carbocycles. The van der Waals surface area contributed by atoms with E-state index in [2.05, 4.69) is 22.4 Å². The fourth-order valence-electron chi connectivity index (χ4n) is 1.56. The van der Waals surface area contributed by atoms with E-state index in [1.807, 2.05) is 30.5 Å². The molecule has 0 saturated carbocycles. The van der Waals surface area contributed by atoms with Crippen LogP contribution in [-0.2, 0) is 4.79 Å². The SMILES string of the molecule is CCCOc1ccc(/C=C/C(=O)Nc2nnc(SC)s2)cc1. The molecule has 0 saturated heterocycles. The van der Waals surface area contributed by atoms with E-state index < -0.39 is 0 Å². The molecule has 2 rings (SSSR count). The number of rotatable bonds is 7. The molecule has 0 aliphatic rings. The fraction of sp³-hybridized carbons (Fsp3) is 0.267. The first-order valence-corrected chi connectivity index (χ1v) is 8.85. The maximum absolute atomic E-state index is 11.8. The Kier molecular flexibility index (Phi) is 6.42. The summed E-state index contributed by atoms with van der Waals surface area (Å²) in [5, 5.41) is 11.0. The average molecular weight is 335 g/mol. The van der Waals surface area contributed by atoms with Crippen molar-refractivity contribution in [3.63, 3.8) is 0 Å². The maximum Gasteiger partial charge on any atom is 0.250 e. The normalized spacial score (nSPS) is 10.8. The molecule has 1 N–H and O–H groups in total. The van der Waals surface area contributed by atoms with Crippen LogP contribution in [0, 0.1) is 0 Å². The molecule has 1 heterocycles. The second-order valence-electron chi connectivity index (χ2n) is 4.32. The molecule has 0 aliphatic carbocycles. The molecule has 0 unspecified atom stereocenters. The summed E-state index contributed by atoms with van der Waals surface area (Å²) in [5.41, 5.74) is 0.932. The summed E-state index contributed by atoms with van der Waals surface area (Å²) in [7, 11) is 0. The highest BCUT2D eigenvalue weighted by atomic mass is 32.2. The molecule has 2 aromatic rings. The van der Waals surface area contributed by atoms with Gasteiger partial charge in [-0.15, -0.1) is 10.2 Å². The Morgan fingerprint density at radius 1 is 1.36 bits per heavy atom. The number of aromatic nitrogens is 2. The standard InChI is InChI=1S/C15H17N3O2S2/c1-3-10-20-12-7-4-11(5-8-12)6-9-13(19)16-14-17-18-15(21-2)22-14/h4-9H,3,10H2,1-2H3,(H,16,17,19)/b9-6+. The fourth-order valence-corrected chi connectivity index (χ4v) is 2.73. The predicted octanol–water partition coefficient (Wildman–Crippen LogP) is 3.70. The van der Waals surface area contributed by atoms with Crippen LogP contribution in [0.3, 0.4) is 0 Å². The molecule has 0 bridgehead atoms. The summed E-state index contributed by atoms with van der Waals surface area (Å²) in [4.78, 5) is 11.8. The van der Waals surface area contributed by atoms with Crippen molar-refractivity contribution in [3.05, 3.63) is 35.9 Å². The predicted molar refractivity (Wildman–Crippen MR) is 91.6 cm³/mol. The van der Waals surface area contributed by atoms with Gasteiger partial charge in [-0.3, -0.25) is 10.1 Å². The monoisotopic (exact) mass is 335 g/mol. The van der Waals surface area contributed by atoms with Gasteiger partial charge in [0.25, 0.3) is 0 Å². The highest BCUT2D eigenvalue weighted by molar-refractivity contribution is 8.00. The summed E-state index contributed by atoms with van der Waals surface area (Å²) in [6, 6.07) is 7.60. The first-order valence-electron chi connectivity index (χ1n) is 6.80. The van der Waals surface area contributed by atoms with Gasteiger partial charge in [0.15, 0.2) is 4.34 Å². The molecular formula is C15H17N3O2S2. The largest absolute Gasteiger partial charge is 0.494 e. The van der Waals surface area contributed by atoms with E-state index >= 15 is 0 Å². The van der Waals surface area contributed by atoms with Gasteiger partial charge in [0.05, 0.1) is 6.61 Å². The number of thioether (sulfide) groups is 1. The molecule has 7 heteroatoms. The Morgan fingerprint density at radius 3 is 2.77 bits per heavy atom. The number of benzene rings is 1. The summed E-state index contributed by atoms with van der Waals surface area (Å²) in [6.07, 6.45) is 6.11. The zero-order chi connectivity index (χ0) is 15.8. The molecule has 5 nitrogen and oxygen atoms in total. The lowest BCUT2D eigenvalue weighted by Crippen LogP contribution is -2.07. The van der Waals surface area contributed by atoms with Gasteiger partial charge in [-0.2, -0.15) is 0 Å². The average Bonchev–Trinajstić information content (AvgIpc) is 2.99. The number of hydrogen-bond acceptors (Lipinski definition) is 6. The second kappa shape index (κ2) is 8.55. The molecule has 1 amide bonds. The number of amides is 1. The van der Waals surface area contributed by atoms with E-state index in [1.54, 1.807) is 6.08 Å². The van der Waals surface area contributed by atoms with Gasteiger partial charge in [-0.05, 0) is 36.4 Å².